The zero-order chi connectivity index (χ0) is 14.2. The first-order valence-corrected chi connectivity index (χ1v) is 7.18. The summed E-state index contributed by atoms with van der Waals surface area (Å²) >= 11 is 0. The maximum absolute atomic E-state index is 13.5. The Morgan fingerprint density at radius 2 is 2.10 bits per heavy atom. The predicted molar refractivity (Wildman–Crippen MR) is 76.7 cm³/mol. The Morgan fingerprint density at radius 1 is 1.35 bits per heavy atom. The minimum Gasteiger partial charge on any atom is -0.380 e. The Labute approximate surface area is 118 Å². The fraction of sp³-hybridized carbons (Fsp3) is 0.438. The number of benzene rings is 1. The van der Waals surface area contributed by atoms with Gasteiger partial charge in [0.2, 0.25) is 0 Å². The molecule has 1 aliphatic rings. The molecule has 0 spiro atoms. The topological polar surface area (TPSA) is 52.0 Å². The molecule has 3 nitrogen and oxygen atoms in total. The van der Waals surface area contributed by atoms with Crippen molar-refractivity contribution in [3.05, 3.63) is 35.8 Å². The molecule has 1 saturated carbocycles. The minimum atomic E-state index is -0.272. The van der Waals surface area contributed by atoms with E-state index >= 15 is 0 Å². The first-order chi connectivity index (χ1) is 9.66. The first-order valence-electron chi connectivity index (χ1n) is 7.18. The van der Waals surface area contributed by atoms with Crippen molar-refractivity contribution < 1.29 is 8.91 Å². The quantitative estimate of drug-likeness (QED) is 0.908. The van der Waals surface area contributed by atoms with E-state index in [1.807, 2.05) is 6.07 Å². The summed E-state index contributed by atoms with van der Waals surface area (Å²) < 4.78 is 19.1. The van der Waals surface area contributed by atoms with Gasteiger partial charge in [-0.05, 0) is 37.0 Å². The van der Waals surface area contributed by atoms with Crippen molar-refractivity contribution >= 4 is 5.82 Å². The molecule has 1 aliphatic carbocycles. The molecule has 3 rings (SSSR count). The Kier molecular flexibility index (Phi) is 3.24. The van der Waals surface area contributed by atoms with Gasteiger partial charge in [0.05, 0.1) is 5.56 Å². The van der Waals surface area contributed by atoms with Crippen molar-refractivity contribution in [2.24, 2.45) is 0 Å². The van der Waals surface area contributed by atoms with Crippen LogP contribution in [0.2, 0.25) is 0 Å². The van der Waals surface area contributed by atoms with Crippen molar-refractivity contribution in [2.75, 3.05) is 5.73 Å². The van der Waals surface area contributed by atoms with Crippen LogP contribution >= 0.6 is 0 Å². The third-order valence-corrected chi connectivity index (χ3v) is 4.55. The third kappa shape index (κ3) is 1.99. The van der Waals surface area contributed by atoms with E-state index in [0.29, 0.717) is 5.82 Å². The summed E-state index contributed by atoms with van der Waals surface area (Å²) in [7, 11) is 0. The zero-order valence-electron chi connectivity index (χ0n) is 11.7. The largest absolute Gasteiger partial charge is 0.380 e. The Hall–Kier alpha value is -1.84. The molecule has 0 aliphatic heterocycles. The normalized spacial score (nSPS) is 17.5. The van der Waals surface area contributed by atoms with Crippen LogP contribution in [0, 0.1) is 5.82 Å². The summed E-state index contributed by atoms with van der Waals surface area (Å²) in [6.07, 6.45) is 5.54. The highest BCUT2D eigenvalue weighted by Crippen LogP contribution is 2.48. The van der Waals surface area contributed by atoms with E-state index in [1.165, 1.54) is 25.0 Å². The fourth-order valence-electron chi connectivity index (χ4n) is 3.38. The lowest BCUT2D eigenvalue weighted by molar-refractivity contribution is 0.284. The standard InChI is InChI=1S/C16H19FN2O/c1-2-16(8-3-4-9-16)14-13(15(18)19-20-14)11-6-5-7-12(17)10-11/h5-7,10H,2-4,8-9H2,1H3,(H2,18,19). The van der Waals surface area contributed by atoms with Gasteiger partial charge >= 0.3 is 0 Å². The zero-order valence-corrected chi connectivity index (χ0v) is 11.7. The molecular weight excluding hydrogens is 255 g/mol. The highest BCUT2D eigenvalue weighted by molar-refractivity contribution is 5.76. The number of rotatable bonds is 3. The second kappa shape index (κ2) is 4.93. The van der Waals surface area contributed by atoms with Crippen molar-refractivity contribution in [3.8, 4) is 11.1 Å². The van der Waals surface area contributed by atoms with Crippen LogP contribution in [0.4, 0.5) is 10.2 Å². The maximum atomic E-state index is 13.5. The van der Waals surface area contributed by atoms with Crippen LogP contribution < -0.4 is 5.73 Å². The molecule has 1 aromatic carbocycles. The van der Waals surface area contributed by atoms with Gasteiger partial charge in [-0.3, -0.25) is 0 Å². The lowest BCUT2D eigenvalue weighted by Crippen LogP contribution is -2.21. The number of halogens is 1. The van der Waals surface area contributed by atoms with E-state index in [9.17, 15) is 4.39 Å². The average molecular weight is 274 g/mol. The van der Waals surface area contributed by atoms with Crippen LogP contribution in [-0.2, 0) is 5.41 Å². The molecule has 1 fully saturated rings. The van der Waals surface area contributed by atoms with Gasteiger partial charge in [-0.25, -0.2) is 4.39 Å². The van der Waals surface area contributed by atoms with E-state index in [2.05, 4.69) is 12.1 Å². The summed E-state index contributed by atoms with van der Waals surface area (Å²) in [6.45, 7) is 2.17. The van der Waals surface area contributed by atoms with Crippen molar-refractivity contribution in [1.29, 1.82) is 0 Å². The highest BCUT2D eigenvalue weighted by Gasteiger charge is 2.40. The van der Waals surface area contributed by atoms with Gasteiger partial charge in [0.1, 0.15) is 5.82 Å². The van der Waals surface area contributed by atoms with Crippen LogP contribution in [0.3, 0.4) is 0 Å². The summed E-state index contributed by atoms with van der Waals surface area (Å²) in [5.41, 5.74) is 7.50. The summed E-state index contributed by atoms with van der Waals surface area (Å²) in [4.78, 5) is 0. The van der Waals surface area contributed by atoms with Crippen LogP contribution in [0.25, 0.3) is 11.1 Å². The van der Waals surface area contributed by atoms with Crippen molar-refractivity contribution in [2.45, 2.75) is 44.4 Å². The van der Waals surface area contributed by atoms with Gasteiger partial charge < -0.3 is 10.3 Å². The molecule has 1 heterocycles. The maximum Gasteiger partial charge on any atom is 0.175 e. The van der Waals surface area contributed by atoms with Gasteiger partial charge in [0.25, 0.3) is 0 Å². The van der Waals surface area contributed by atoms with E-state index in [1.54, 1.807) is 6.07 Å². The molecule has 0 radical (unpaired) electrons. The molecule has 0 atom stereocenters. The number of nitrogens with zero attached hydrogens (tertiary/aromatic N) is 1. The Bertz CT molecular complexity index is 615. The molecule has 106 valence electrons. The molecule has 0 amide bonds. The predicted octanol–water partition coefficient (Wildman–Crippen LogP) is 4.28. The number of nitrogen functional groups attached to an aromatic ring is 1. The molecule has 2 aromatic rings. The summed E-state index contributed by atoms with van der Waals surface area (Å²) in [5.74, 6) is 0.914. The van der Waals surface area contributed by atoms with E-state index in [0.717, 1.165) is 36.1 Å². The molecule has 1 aromatic heterocycles. The monoisotopic (exact) mass is 274 g/mol. The summed E-state index contributed by atoms with van der Waals surface area (Å²) in [5, 5.41) is 3.94. The fourth-order valence-corrected chi connectivity index (χ4v) is 3.38. The number of anilines is 1. The molecule has 0 saturated heterocycles. The molecule has 0 unspecified atom stereocenters. The number of hydrogen-bond donors (Lipinski definition) is 1. The lowest BCUT2D eigenvalue weighted by atomic mass is 9.78. The van der Waals surface area contributed by atoms with Crippen LogP contribution in [0.15, 0.2) is 28.8 Å². The van der Waals surface area contributed by atoms with Crippen molar-refractivity contribution in [1.82, 2.24) is 5.16 Å². The number of aromatic nitrogens is 1. The Morgan fingerprint density at radius 3 is 2.75 bits per heavy atom. The van der Waals surface area contributed by atoms with Gasteiger partial charge in [0, 0.05) is 5.41 Å². The van der Waals surface area contributed by atoms with E-state index < -0.39 is 0 Å². The van der Waals surface area contributed by atoms with Crippen LogP contribution in [0.5, 0.6) is 0 Å². The van der Waals surface area contributed by atoms with Gasteiger partial charge in [-0.2, -0.15) is 0 Å². The second-order valence-electron chi connectivity index (χ2n) is 5.62. The molecule has 4 heteroatoms. The number of nitrogens with two attached hydrogens (primary N) is 1. The summed E-state index contributed by atoms with van der Waals surface area (Å²) in [6, 6.07) is 6.46. The number of hydrogen-bond acceptors (Lipinski definition) is 3. The minimum absolute atomic E-state index is 0.00622. The van der Waals surface area contributed by atoms with Crippen LogP contribution in [-0.4, -0.2) is 5.16 Å². The SMILES string of the molecule is CCC1(c2onc(N)c2-c2cccc(F)c2)CCCC1. The highest BCUT2D eigenvalue weighted by atomic mass is 19.1. The van der Waals surface area contributed by atoms with Gasteiger partial charge in [-0.15, -0.1) is 0 Å². The molecule has 20 heavy (non-hydrogen) atoms. The Balaban J connectivity index is 2.15. The third-order valence-electron chi connectivity index (χ3n) is 4.55. The lowest BCUT2D eigenvalue weighted by Gasteiger charge is -2.25. The smallest absolute Gasteiger partial charge is 0.175 e. The molecule has 0 bridgehead atoms. The van der Waals surface area contributed by atoms with E-state index in [4.69, 9.17) is 10.3 Å². The van der Waals surface area contributed by atoms with Crippen molar-refractivity contribution in [3.63, 3.8) is 0 Å². The molecule has 2 N–H and O–H groups in total. The van der Waals surface area contributed by atoms with Gasteiger partial charge in [0.15, 0.2) is 11.6 Å². The first kappa shape index (κ1) is 13.2. The average Bonchev–Trinajstić information content (AvgIpc) is 3.06. The van der Waals surface area contributed by atoms with Crippen LogP contribution in [0.1, 0.15) is 44.8 Å². The van der Waals surface area contributed by atoms with Gasteiger partial charge in [-0.1, -0.05) is 37.1 Å². The second-order valence-corrected chi connectivity index (χ2v) is 5.62. The molecular formula is C16H19FN2O. The van der Waals surface area contributed by atoms with E-state index in [-0.39, 0.29) is 11.2 Å².